The van der Waals surface area contributed by atoms with Gasteiger partial charge in [-0.05, 0) is 60.5 Å². The highest BCUT2D eigenvalue weighted by molar-refractivity contribution is 6.15. The van der Waals surface area contributed by atoms with Crippen molar-refractivity contribution in [2.75, 3.05) is 13.9 Å². The minimum absolute atomic E-state index is 0.157. The number of fused-ring (bicyclic) bond motifs is 2. The fourth-order valence-corrected chi connectivity index (χ4v) is 3.60. The molecular weight excluding hydrogens is 396 g/mol. The molecule has 3 aromatic rings. The Morgan fingerprint density at radius 2 is 1.90 bits per heavy atom. The van der Waals surface area contributed by atoms with Crippen LogP contribution < -0.4 is 23.7 Å². The first-order valence-corrected chi connectivity index (χ1v) is 9.85. The van der Waals surface area contributed by atoms with E-state index in [1.807, 2.05) is 49.4 Å². The van der Waals surface area contributed by atoms with E-state index in [9.17, 15) is 4.79 Å². The fraction of sp³-hybridized carbons (Fsp3) is 0.160. The van der Waals surface area contributed by atoms with Gasteiger partial charge in [-0.3, -0.25) is 4.79 Å². The lowest BCUT2D eigenvalue weighted by atomic mass is 10.1. The lowest BCUT2D eigenvalue weighted by Gasteiger charge is -2.12. The Hall–Kier alpha value is -3.93. The van der Waals surface area contributed by atoms with Crippen molar-refractivity contribution < 1.29 is 28.5 Å². The predicted octanol–water partition coefficient (Wildman–Crippen LogP) is 4.93. The molecule has 5 rings (SSSR count). The van der Waals surface area contributed by atoms with Crippen molar-refractivity contribution in [3.8, 4) is 28.7 Å². The number of Topliss-reactive ketones (excluding diaryl/α,β-unsaturated/α-hetero) is 1. The van der Waals surface area contributed by atoms with Crippen LogP contribution in [-0.4, -0.2) is 19.7 Å². The van der Waals surface area contributed by atoms with E-state index in [2.05, 4.69) is 0 Å². The van der Waals surface area contributed by atoms with Crippen LogP contribution in [0.2, 0.25) is 0 Å². The van der Waals surface area contributed by atoms with Crippen LogP contribution in [-0.2, 0) is 6.61 Å². The van der Waals surface area contributed by atoms with Gasteiger partial charge in [0, 0.05) is 5.56 Å². The summed E-state index contributed by atoms with van der Waals surface area (Å²) in [5.41, 5.74) is 3.09. The maximum atomic E-state index is 12.8. The van der Waals surface area contributed by atoms with Gasteiger partial charge in [-0.25, -0.2) is 0 Å². The molecule has 0 fully saturated rings. The van der Waals surface area contributed by atoms with Crippen molar-refractivity contribution in [3.63, 3.8) is 0 Å². The van der Waals surface area contributed by atoms with E-state index in [-0.39, 0.29) is 18.3 Å². The molecule has 0 aliphatic carbocycles. The number of carbonyl (C=O) groups is 1. The van der Waals surface area contributed by atoms with Crippen LogP contribution in [0.3, 0.4) is 0 Å². The molecule has 0 N–H and O–H groups in total. The first kappa shape index (κ1) is 19.1. The van der Waals surface area contributed by atoms with Gasteiger partial charge in [-0.1, -0.05) is 18.2 Å². The molecule has 2 aliphatic rings. The molecule has 0 amide bonds. The van der Waals surface area contributed by atoms with Crippen molar-refractivity contribution in [2.24, 2.45) is 0 Å². The quantitative estimate of drug-likeness (QED) is 0.550. The Bertz CT molecular complexity index is 1210. The van der Waals surface area contributed by atoms with Crippen molar-refractivity contribution in [1.29, 1.82) is 0 Å². The van der Waals surface area contributed by atoms with Gasteiger partial charge in [0.05, 0.1) is 12.7 Å². The largest absolute Gasteiger partial charge is 0.497 e. The van der Waals surface area contributed by atoms with Gasteiger partial charge < -0.3 is 23.7 Å². The lowest BCUT2D eigenvalue weighted by Crippen LogP contribution is -1.99. The smallest absolute Gasteiger partial charge is 0.231 e. The molecule has 0 unspecified atom stereocenters. The maximum Gasteiger partial charge on any atom is 0.231 e. The molecule has 3 aromatic carbocycles. The molecule has 0 spiro atoms. The first-order chi connectivity index (χ1) is 15.1. The average molecular weight is 416 g/mol. The van der Waals surface area contributed by atoms with Crippen LogP contribution in [0.25, 0.3) is 6.08 Å². The molecule has 0 saturated carbocycles. The predicted molar refractivity (Wildman–Crippen MR) is 114 cm³/mol. The molecule has 0 atom stereocenters. The van der Waals surface area contributed by atoms with Gasteiger partial charge in [0.2, 0.25) is 12.6 Å². The third kappa shape index (κ3) is 3.57. The van der Waals surface area contributed by atoms with Crippen LogP contribution in [0.15, 0.2) is 60.4 Å². The van der Waals surface area contributed by atoms with Crippen molar-refractivity contribution in [1.82, 2.24) is 0 Å². The molecule has 0 bridgehead atoms. The summed E-state index contributed by atoms with van der Waals surface area (Å²) in [5, 5.41) is 0. The second-order valence-electron chi connectivity index (χ2n) is 7.26. The third-order valence-corrected chi connectivity index (χ3v) is 5.26. The molecule has 31 heavy (non-hydrogen) atoms. The van der Waals surface area contributed by atoms with Crippen LogP contribution in [0.5, 0.6) is 28.7 Å². The van der Waals surface area contributed by atoms with Crippen molar-refractivity contribution >= 4 is 11.9 Å². The number of benzene rings is 3. The Morgan fingerprint density at radius 1 is 1.03 bits per heavy atom. The highest BCUT2D eigenvalue weighted by Crippen LogP contribution is 2.40. The fourth-order valence-electron chi connectivity index (χ4n) is 3.60. The van der Waals surface area contributed by atoms with Crippen LogP contribution in [0, 0.1) is 6.92 Å². The molecule has 6 heteroatoms. The number of ether oxygens (including phenoxy) is 5. The summed E-state index contributed by atoms with van der Waals surface area (Å²) in [6, 6.07) is 16.7. The molecule has 2 heterocycles. The minimum atomic E-state index is -0.157. The van der Waals surface area contributed by atoms with E-state index < -0.39 is 0 Å². The van der Waals surface area contributed by atoms with Gasteiger partial charge in [0.1, 0.15) is 23.9 Å². The van der Waals surface area contributed by atoms with E-state index in [1.165, 1.54) is 0 Å². The normalized spacial score (nSPS) is 15.0. The summed E-state index contributed by atoms with van der Waals surface area (Å²) in [6.45, 7) is 2.47. The van der Waals surface area contributed by atoms with Gasteiger partial charge in [-0.15, -0.1) is 0 Å². The summed E-state index contributed by atoms with van der Waals surface area (Å²) in [6.07, 6.45) is 1.71. The second-order valence-corrected chi connectivity index (χ2v) is 7.26. The average Bonchev–Trinajstić information content (AvgIpc) is 3.38. The Labute approximate surface area is 179 Å². The third-order valence-electron chi connectivity index (χ3n) is 5.26. The van der Waals surface area contributed by atoms with Gasteiger partial charge >= 0.3 is 0 Å². The topological polar surface area (TPSA) is 63.2 Å². The zero-order valence-electron chi connectivity index (χ0n) is 17.1. The van der Waals surface area contributed by atoms with E-state index >= 15 is 0 Å². The SMILES string of the molecule is COc1cccc(COc2ccc3c(c2C)O/C(=C\c2ccc4c(c2)OCO4)C3=O)c1. The second kappa shape index (κ2) is 7.72. The van der Waals surface area contributed by atoms with E-state index in [0.29, 0.717) is 35.2 Å². The molecule has 2 aliphatic heterocycles. The zero-order valence-corrected chi connectivity index (χ0v) is 17.1. The lowest BCUT2D eigenvalue weighted by molar-refractivity contribution is 0.101. The van der Waals surface area contributed by atoms with Gasteiger partial charge in [0.15, 0.2) is 17.3 Å². The Morgan fingerprint density at radius 3 is 2.77 bits per heavy atom. The number of allylic oxidation sites excluding steroid dienone is 1. The summed E-state index contributed by atoms with van der Waals surface area (Å²) >= 11 is 0. The minimum Gasteiger partial charge on any atom is -0.497 e. The number of hydrogen-bond acceptors (Lipinski definition) is 6. The number of methoxy groups -OCH3 is 1. The van der Waals surface area contributed by atoms with Crippen molar-refractivity contribution in [2.45, 2.75) is 13.5 Å². The molecule has 156 valence electrons. The van der Waals surface area contributed by atoms with Gasteiger partial charge in [-0.2, -0.15) is 0 Å². The van der Waals surface area contributed by atoms with Crippen molar-refractivity contribution in [3.05, 3.63) is 82.6 Å². The highest BCUT2D eigenvalue weighted by Gasteiger charge is 2.30. The van der Waals surface area contributed by atoms with Gasteiger partial charge in [0.25, 0.3) is 0 Å². The molecule has 0 saturated heterocycles. The number of ketones is 1. The Balaban J connectivity index is 1.37. The Kier molecular flexibility index (Phi) is 4.75. The number of hydrogen-bond donors (Lipinski definition) is 0. The zero-order chi connectivity index (χ0) is 21.4. The number of rotatable bonds is 5. The molecular formula is C25H20O6. The highest BCUT2D eigenvalue weighted by atomic mass is 16.7. The summed E-state index contributed by atoms with van der Waals surface area (Å²) in [4.78, 5) is 12.8. The van der Waals surface area contributed by atoms with E-state index in [0.717, 1.165) is 22.4 Å². The number of carbonyl (C=O) groups excluding carboxylic acids is 1. The molecule has 0 aromatic heterocycles. The summed E-state index contributed by atoms with van der Waals surface area (Å²) in [5.74, 6) is 3.43. The standard InChI is InChI=1S/C25H20O6/c1-15-20(28-13-17-4-3-5-18(10-17)27-2)9-7-19-24(26)23(31-25(15)19)12-16-6-8-21-22(11-16)30-14-29-21/h3-12H,13-14H2,1-2H3/b23-12-. The van der Waals surface area contributed by atoms with E-state index in [4.69, 9.17) is 23.7 Å². The maximum absolute atomic E-state index is 12.8. The molecule has 6 nitrogen and oxygen atoms in total. The van der Waals surface area contributed by atoms with E-state index in [1.54, 1.807) is 25.3 Å². The van der Waals surface area contributed by atoms with Crippen LogP contribution in [0.4, 0.5) is 0 Å². The van der Waals surface area contributed by atoms with Crippen LogP contribution >= 0.6 is 0 Å². The monoisotopic (exact) mass is 416 g/mol. The summed E-state index contributed by atoms with van der Waals surface area (Å²) < 4.78 is 27.9. The molecule has 0 radical (unpaired) electrons. The van der Waals surface area contributed by atoms with Crippen LogP contribution in [0.1, 0.15) is 27.0 Å². The summed E-state index contributed by atoms with van der Waals surface area (Å²) in [7, 11) is 1.63. The first-order valence-electron chi connectivity index (χ1n) is 9.85.